The number of hydrogen-bond acceptors (Lipinski definition) is 5. The molecule has 1 heterocycles. The van der Waals surface area contributed by atoms with Gasteiger partial charge in [-0.3, -0.25) is 0 Å². The van der Waals surface area contributed by atoms with E-state index in [2.05, 4.69) is 9.80 Å². The number of nitrogens with zero attached hydrogens (tertiary/aromatic N) is 2. The van der Waals surface area contributed by atoms with Crippen molar-refractivity contribution in [2.24, 2.45) is 5.14 Å². The van der Waals surface area contributed by atoms with Gasteiger partial charge in [0.1, 0.15) is 4.90 Å². The van der Waals surface area contributed by atoms with Gasteiger partial charge in [-0.15, -0.1) is 0 Å². The third-order valence-corrected chi connectivity index (χ3v) is 4.58. The molecule has 4 N–H and O–H groups in total. The lowest BCUT2D eigenvalue weighted by molar-refractivity contribution is 0.372. The molecule has 1 unspecified atom stereocenters. The van der Waals surface area contributed by atoms with Gasteiger partial charge in [0.2, 0.25) is 10.0 Å². The summed E-state index contributed by atoms with van der Waals surface area (Å²) in [5, 5.41) is 5.21. The van der Waals surface area contributed by atoms with Crippen LogP contribution in [0.15, 0.2) is 23.1 Å². The van der Waals surface area contributed by atoms with E-state index in [1.54, 1.807) is 6.07 Å². The zero-order valence-electron chi connectivity index (χ0n) is 11.9. The fourth-order valence-corrected chi connectivity index (χ4v) is 3.47. The van der Waals surface area contributed by atoms with E-state index >= 15 is 0 Å². The fourth-order valence-electron chi connectivity index (χ4n) is 2.80. The van der Waals surface area contributed by atoms with Gasteiger partial charge in [0.25, 0.3) is 0 Å². The van der Waals surface area contributed by atoms with Crippen LogP contribution in [-0.4, -0.2) is 46.5 Å². The normalized spacial score (nSPS) is 19.8. The van der Waals surface area contributed by atoms with Crippen molar-refractivity contribution in [2.75, 3.05) is 37.8 Å². The van der Waals surface area contributed by atoms with E-state index in [9.17, 15) is 8.42 Å². The van der Waals surface area contributed by atoms with Crippen LogP contribution in [0.5, 0.6) is 0 Å². The van der Waals surface area contributed by atoms with Gasteiger partial charge in [-0.05, 0) is 39.1 Å². The predicted molar refractivity (Wildman–Crippen MR) is 81.1 cm³/mol. The molecule has 6 nitrogen and oxygen atoms in total. The van der Waals surface area contributed by atoms with Crippen LogP contribution in [0.1, 0.15) is 12.8 Å². The molecule has 0 aliphatic carbocycles. The molecule has 1 aliphatic rings. The zero-order chi connectivity index (χ0) is 14.9. The van der Waals surface area contributed by atoms with E-state index in [1.807, 2.05) is 20.2 Å². The van der Waals surface area contributed by atoms with Crippen LogP contribution in [0.3, 0.4) is 0 Å². The molecule has 0 spiro atoms. The Labute approximate surface area is 120 Å². The summed E-state index contributed by atoms with van der Waals surface area (Å²) in [5.74, 6) is 0. The third-order valence-electron chi connectivity index (χ3n) is 3.61. The quantitative estimate of drug-likeness (QED) is 0.787. The molecule has 0 bridgehead atoms. The number of hydrogen-bond donors (Lipinski definition) is 2. The van der Waals surface area contributed by atoms with Gasteiger partial charge >= 0.3 is 0 Å². The van der Waals surface area contributed by atoms with Gasteiger partial charge in [-0.1, -0.05) is 6.07 Å². The van der Waals surface area contributed by atoms with Crippen molar-refractivity contribution < 1.29 is 8.42 Å². The Hall–Kier alpha value is -1.31. The molecule has 0 saturated carbocycles. The van der Waals surface area contributed by atoms with E-state index < -0.39 is 10.0 Å². The number of benzene rings is 1. The van der Waals surface area contributed by atoms with E-state index in [1.165, 1.54) is 6.07 Å². The van der Waals surface area contributed by atoms with Crippen LogP contribution in [0.25, 0.3) is 0 Å². The van der Waals surface area contributed by atoms with Crippen LogP contribution in [0.4, 0.5) is 11.4 Å². The maximum absolute atomic E-state index is 11.6. The second-order valence-corrected chi connectivity index (χ2v) is 7.02. The van der Waals surface area contributed by atoms with E-state index in [-0.39, 0.29) is 10.6 Å². The SMILES string of the molecule is CN(C)CC1CCCN1c1cccc(S(N)(=O)=O)c1N. The molecule has 0 aromatic heterocycles. The minimum atomic E-state index is -3.79. The predicted octanol–water partition coefficient (Wildman–Crippen LogP) is 0.447. The molecule has 1 aromatic carbocycles. The first-order chi connectivity index (χ1) is 9.30. The Morgan fingerprint density at radius 2 is 2.10 bits per heavy atom. The number of anilines is 2. The summed E-state index contributed by atoms with van der Waals surface area (Å²) in [7, 11) is 0.269. The number of nitrogen functional groups attached to an aromatic ring is 1. The lowest BCUT2D eigenvalue weighted by Crippen LogP contribution is -2.38. The molecule has 1 aliphatic heterocycles. The van der Waals surface area contributed by atoms with Gasteiger partial charge in [-0.25, -0.2) is 13.6 Å². The lowest BCUT2D eigenvalue weighted by Gasteiger charge is -2.30. The monoisotopic (exact) mass is 298 g/mol. The van der Waals surface area contributed by atoms with Crippen LogP contribution in [-0.2, 0) is 10.0 Å². The minimum Gasteiger partial charge on any atom is -0.396 e. The molecule has 20 heavy (non-hydrogen) atoms. The summed E-state index contributed by atoms with van der Waals surface area (Å²) in [6.07, 6.45) is 2.16. The molecule has 1 aromatic rings. The van der Waals surface area contributed by atoms with Gasteiger partial charge in [0, 0.05) is 19.1 Å². The van der Waals surface area contributed by atoms with Crippen molar-refractivity contribution in [1.82, 2.24) is 4.90 Å². The van der Waals surface area contributed by atoms with Crippen molar-refractivity contribution in [2.45, 2.75) is 23.8 Å². The van der Waals surface area contributed by atoms with Crippen molar-refractivity contribution in [3.05, 3.63) is 18.2 Å². The highest BCUT2D eigenvalue weighted by Gasteiger charge is 2.28. The Bertz CT molecular complexity index is 586. The van der Waals surface area contributed by atoms with E-state index in [0.717, 1.165) is 31.6 Å². The minimum absolute atomic E-state index is 0.00510. The number of para-hydroxylation sites is 1. The average Bonchev–Trinajstić information content (AvgIpc) is 2.75. The molecule has 1 fully saturated rings. The average molecular weight is 298 g/mol. The molecule has 1 saturated heterocycles. The Balaban J connectivity index is 2.38. The first-order valence-electron chi connectivity index (χ1n) is 6.63. The van der Waals surface area contributed by atoms with Crippen molar-refractivity contribution in [1.29, 1.82) is 0 Å². The number of primary sulfonamides is 1. The molecule has 0 radical (unpaired) electrons. The smallest absolute Gasteiger partial charge is 0.240 e. The molecule has 2 rings (SSSR count). The van der Waals surface area contributed by atoms with Gasteiger partial charge < -0.3 is 15.5 Å². The highest BCUT2D eigenvalue weighted by molar-refractivity contribution is 7.89. The maximum Gasteiger partial charge on any atom is 0.240 e. The second-order valence-electron chi connectivity index (χ2n) is 5.49. The summed E-state index contributed by atoms with van der Waals surface area (Å²) in [6.45, 7) is 1.80. The van der Waals surface area contributed by atoms with E-state index in [4.69, 9.17) is 10.9 Å². The van der Waals surface area contributed by atoms with Crippen molar-refractivity contribution >= 4 is 21.4 Å². The van der Waals surface area contributed by atoms with E-state index in [0.29, 0.717) is 6.04 Å². The number of rotatable bonds is 4. The number of likely N-dealkylation sites (N-methyl/N-ethyl adjacent to an activating group) is 1. The number of nitrogens with two attached hydrogens (primary N) is 2. The number of sulfonamides is 1. The lowest BCUT2D eigenvalue weighted by atomic mass is 10.2. The second kappa shape index (κ2) is 5.59. The fraction of sp³-hybridized carbons (Fsp3) is 0.538. The largest absolute Gasteiger partial charge is 0.396 e. The Morgan fingerprint density at radius 3 is 2.70 bits per heavy atom. The summed E-state index contributed by atoms with van der Waals surface area (Å²) in [4.78, 5) is 4.32. The van der Waals surface area contributed by atoms with Crippen LogP contribution >= 0.6 is 0 Å². The van der Waals surface area contributed by atoms with Crippen molar-refractivity contribution in [3.8, 4) is 0 Å². The van der Waals surface area contributed by atoms with Crippen LogP contribution < -0.4 is 15.8 Å². The summed E-state index contributed by atoms with van der Waals surface area (Å²) in [6, 6.07) is 5.35. The Kier molecular flexibility index (Phi) is 4.22. The summed E-state index contributed by atoms with van der Waals surface area (Å²) >= 11 is 0. The highest BCUT2D eigenvalue weighted by Crippen LogP contribution is 2.34. The van der Waals surface area contributed by atoms with Gasteiger partial charge in [0.05, 0.1) is 11.4 Å². The molecule has 0 amide bonds. The first-order valence-corrected chi connectivity index (χ1v) is 8.18. The standard InChI is InChI=1S/C13H22N4O2S/c1-16(2)9-10-5-4-8-17(10)11-6-3-7-12(13(11)14)20(15,18)19/h3,6-7,10H,4-5,8-9,14H2,1-2H3,(H2,15,18,19). The molecular formula is C13H22N4O2S. The molecule has 112 valence electrons. The summed E-state index contributed by atoms with van der Waals surface area (Å²) < 4.78 is 23.1. The Morgan fingerprint density at radius 1 is 1.40 bits per heavy atom. The maximum atomic E-state index is 11.6. The third kappa shape index (κ3) is 3.05. The van der Waals surface area contributed by atoms with Crippen LogP contribution in [0.2, 0.25) is 0 Å². The molecule has 7 heteroatoms. The topological polar surface area (TPSA) is 92.7 Å². The summed E-state index contributed by atoms with van der Waals surface area (Å²) in [5.41, 5.74) is 7.04. The van der Waals surface area contributed by atoms with Gasteiger partial charge in [-0.2, -0.15) is 0 Å². The highest BCUT2D eigenvalue weighted by atomic mass is 32.2. The molecule has 1 atom stereocenters. The zero-order valence-corrected chi connectivity index (χ0v) is 12.7. The van der Waals surface area contributed by atoms with Crippen LogP contribution in [0, 0.1) is 0 Å². The first kappa shape index (κ1) is 15.1. The van der Waals surface area contributed by atoms with Gasteiger partial charge in [0.15, 0.2) is 0 Å². The van der Waals surface area contributed by atoms with Crippen molar-refractivity contribution in [3.63, 3.8) is 0 Å². The molecular weight excluding hydrogens is 276 g/mol.